The van der Waals surface area contributed by atoms with Gasteiger partial charge < -0.3 is 31.4 Å². The van der Waals surface area contributed by atoms with E-state index in [1.165, 1.54) is 0 Å². The number of fused-ring (bicyclic) bond motifs is 1. The number of aliphatic hydroxyl groups is 1. The topological polar surface area (TPSA) is 63.2 Å². The molecule has 27 heavy (non-hydrogen) atoms. The van der Waals surface area contributed by atoms with Gasteiger partial charge in [-0.1, -0.05) is 37.6 Å². The van der Waals surface area contributed by atoms with Crippen molar-refractivity contribution in [2.75, 3.05) is 6.61 Å². The maximum atomic E-state index is 10.5. The van der Waals surface area contributed by atoms with Crippen LogP contribution in [0.25, 0.3) is 11.0 Å². The molecule has 1 heterocycles. The van der Waals surface area contributed by atoms with Gasteiger partial charge in [0.1, 0.15) is 18.5 Å². The van der Waals surface area contributed by atoms with E-state index < -0.39 is 6.10 Å². The van der Waals surface area contributed by atoms with Crippen molar-refractivity contribution in [3.8, 4) is 5.75 Å². The van der Waals surface area contributed by atoms with Crippen molar-refractivity contribution < 1.29 is 22.3 Å². The van der Waals surface area contributed by atoms with Gasteiger partial charge in [0.15, 0.2) is 0 Å². The monoisotopic (exact) mass is 388 g/mol. The van der Waals surface area contributed by atoms with E-state index in [0.717, 1.165) is 41.7 Å². The summed E-state index contributed by atoms with van der Waals surface area (Å²) in [5.41, 5.74) is 3.56. The number of benzene rings is 2. The zero-order valence-electron chi connectivity index (χ0n) is 15.9. The quantitative estimate of drug-likeness (QED) is 0.589. The molecule has 2 aromatic carbocycles. The van der Waals surface area contributed by atoms with Crippen LogP contribution in [0, 0.1) is 12.3 Å². The lowest BCUT2D eigenvalue weighted by Crippen LogP contribution is -3.00. The van der Waals surface area contributed by atoms with E-state index in [-0.39, 0.29) is 19.0 Å². The number of aryl methyl sites for hydroxylation is 2. The summed E-state index contributed by atoms with van der Waals surface area (Å²) in [5, 5.41) is 19.0. The highest BCUT2D eigenvalue weighted by Crippen LogP contribution is 2.15. The van der Waals surface area contributed by atoms with Crippen LogP contribution in [0.5, 0.6) is 5.75 Å². The molecule has 0 amide bonds. The van der Waals surface area contributed by atoms with Crippen molar-refractivity contribution in [2.45, 2.75) is 45.9 Å². The molecule has 3 rings (SSSR count). The van der Waals surface area contributed by atoms with Gasteiger partial charge in [0.05, 0.1) is 17.6 Å². The molecular formula is C21H27ClN3O2-. The number of ether oxygens (including phenoxy) is 1. The van der Waals surface area contributed by atoms with Gasteiger partial charge in [-0.05, 0) is 43.2 Å². The zero-order valence-corrected chi connectivity index (χ0v) is 16.6. The molecule has 0 aliphatic carbocycles. The number of halogens is 1. The van der Waals surface area contributed by atoms with Crippen molar-refractivity contribution in [1.82, 2.24) is 9.13 Å². The second-order valence-corrected chi connectivity index (χ2v) is 6.71. The Kier molecular flexibility index (Phi) is 7.51. The summed E-state index contributed by atoms with van der Waals surface area (Å²) in [6.45, 7) is 5.51. The Morgan fingerprint density at radius 1 is 1.07 bits per heavy atom. The molecule has 1 atom stereocenters. The van der Waals surface area contributed by atoms with E-state index in [0.29, 0.717) is 12.2 Å². The van der Waals surface area contributed by atoms with E-state index in [4.69, 9.17) is 10.1 Å². The molecule has 0 bridgehead atoms. The molecular weight excluding hydrogens is 362 g/mol. The summed E-state index contributed by atoms with van der Waals surface area (Å²) in [5.74, 6) is 0.755. The highest BCUT2D eigenvalue weighted by molar-refractivity contribution is 5.75. The van der Waals surface area contributed by atoms with Crippen LogP contribution < -0.4 is 22.8 Å². The fourth-order valence-electron chi connectivity index (χ4n) is 3.18. The second kappa shape index (κ2) is 9.62. The Bertz CT molecular complexity index is 933. The van der Waals surface area contributed by atoms with Gasteiger partial charge in [0.25, 0.3) is 0 Å². The van der Waals surface area contributed by atoms with Crippen LogP contribution in [0.3, 0.4) is 0 Å². The molecule has 0 radical (unpaired) electrons. The average molecular weight is 389 g/mol. The van der Waals surface area contributed by atoms with Gasteiger partial charge >= 0.3 is 0 Å². The normalized spacial score (nSPS) is 12.0. The van der Waals surface area contributed by atoms with Crippen LogP contribution in [-0.4, -0.2) is 27.0 Å². The highest BCUT2D eigenvalue weighted by Gasteiger charge is 2.14. The van der Waals surface area contributed by atoms with Gasteiger partial charge in [0.2, 0.25) is 5.62 Å². The molecule has 1 aromatic heterocycles. The molecule has 5 nitrogen and oxygen atoms in total. The van der Waals surface area contributed by atoms with E-state index in [2.05, 4.69) is 6.92 Å². The third-order valence-corrected chi connectivity index (χ3v) is 4.54. The van der Waals surface area contributed by atoms with E-state index >= 15 is 0 Å². The smallest absolute Gasteiger partial charge is 0.203 e. The third kappa shape index (κ3) is 4.93. The molecule has 0 saturated heterocycles. The molecule has 2 N–H and O–H groups in total. The van der Waals surface area contributed by atoms with Gasteiger partial charge in [-0.25, -0.2) is 0 Å². The van der Waals surface area contributed by atoms with Crippen LogP contribution in [0.4, 0.5) is 0 Å². The van der Waals surface area contributed by atoms with Gasteiger partial charge in [0, 0.05) is 6.54 Å². The van der Waals surface area contributed by atoms with Crippen LogP contribution >= 0.6 is 0 Å². The summed E-state index contributed by atoms with van der Waals surface area (Å²) in [6.07, 6.45) is 1.43. The molecule has 0 spiro atoms. The summed E-state index contributed by atoms with van der Waals surface area (Å²) >= 11 is 0. The van der Waals surface area contributed by atoms with E-state index in [1.54, 1.807) is 0 Å². The molecule has 0 aliphatic rings. The number of rotatable bonds is 8. The minimum Gasteiger partial charge on any atom is -1.00 e. The number of hydrogen-bond donors (Lipinski definition) is 2. The number of aliphatic hydroxyl groups excluding tert-OH is 1. The van der Waals surface area contributed by atoms with Crippen molar-refractivity contribution in [2.24, 2.45) is 0 Å². The van der Waals surface area contributed by atoms with E-state index in [9.17, 15) is 5.11 Å². The predicted molar refractivity (Wildman–Crippen MR) is 103 cm³/mol. The van der Waals surface area contributed by atoms with Crippen LogP contribution in [-0.2, 0) is 13.1 Å². The summed E-state index contributed by atoms with van der Waals surface area (Å²) in [6, 6.07) is 15.8. The van der Waals surface area contributed by atoms with Crippen LogP contribution in [0.1, 0.15) is 25.3 Å². The van der Waals surface area contributed by atoms with Crippen molar-refractivity contribution in [1.29, 1.82) is 5.41 Å². The Hall–Kier alpha value is -2.24. The van der Waals surface area contributed by atoms with Crippen molar-refractivity contribution >= 4 is 11.0 Å². The van der Waals surface area contributed by atoms with Gasteiger partial charge in [-0.2, -0.15) is 0 Å². The van der Waals surface area contributed by atoms with E-state index in [1.807, 2.05) is 64.6 Å². The fraction of sp³-hybridized carbons (Fsp3) is 0.381. The Morgan fingerprint density at radius 3 is 2.44 bits per heavy atom. The summed E-state index contributed by atoms with van der Waals surface area (Å²) < 4.78 is 9.60. The Morgan fingerprint density at radius 2 is 1.78 bits per heavy atom. The Labute approximate surface area is 166 Å². The maximum absolute atomic E-state index is 10.5. The molecule has 0 saturated carbocycles. The first-order valence-electron chi connectivity index (χ1n) is 9.20. The Balaban J connectivity index is 0.00000261. The standard InChI is InChI=1S/C21H27N3O2.ClH/c1-3-4-12-23-19-10-5-6-11-20(19)24(21(23)22)14-17(25)15-26-18-9-7-8-16(2)13-18;/h5-11,13,17,22,25H,3-4,12,14-15H2,1-2H3;1H/p-1. The number of nitrogens with zero attached hydrogens (tertiary/aromatic N) is 2. The minimum absolute atomic E-state index is 0. The lowest BCUT2D eigenvalue weighted by molar-refractivity contribution is -0.00000769. The minimum atomic E-state index is -0.685. The second-order valence-electron chi connectivity index (χ2n) is 6.71. The average Bonchev–Trinajstić information content (AvgIpc) is 2.90. The summed E-state index contributed by atoms with van der Waals surface area (Å²) in [7, 11) is 0. The number of hydrogen-bond acceptors (Lipinski definition) is 3. The highest BCUT2D eigenvalue weighted by atomic mass is 35.5. The molecule has 1 unspecified atom stereocenters. The lowest BCUT2D eigenvalue weighted by atomic mass is 10.2. The number of unbranched alkanes of at least 4 members (excludes halogenated alkanes) is 1. The number of aromatic nitrogens is 2. The third-order valence-electron chi connectivity index (χ3n) is 4.54. The summed E-state index contributed by atoms with van der Waals surface area (Å²) in [4.78, 5) is 0. The first kappa shape index (κ1) is 21.1. The SMILES string of the molecule is CCCCn1c(=N)n(CC(O)COc2cccc(C)c2)c2ccccc21.[Cl-]. The number of para-hydroxylation sites is 2. The lowest BCUT2D eigenvalue weighted by Gasteiger charge is -2.14. The largest absolute Gasteiger partial charge is 1.00 e. The number of nitrogens with one attached hydrogen (secondary N) is 1. The predicted octanol–water partition coefficient (Wildman–Crippen LogP) is 0.475. The maximum Gasteiger partial charge on any atom is 0.203 e. The van der Waals surface area contributed by atoms with Gasteiger partial charge in [-0.3, -0.25) is 5.41 Å². The molecule has 6 heteroatoms. The van der Waals surface area contributed by atoms with Gasteiger partial charge in [-0.15, -0.1) is 0 Å². The molecule has 3 aromatic rings. The molecule has 146 valence electrons. The van der Waals surface area contributed by atoms with Crippen LogP contribution in [0.2, 0.25) is 0 Å². The first-order chi connectivity index (χ1) is 12.6. The molecule has 0 aliphatic heterocycles. The first-order valence-corrected chi connectivity index (χ1v) is 9.20. The molecule has 0 fully saturated rings. The van der Waals surface area contributed by atoms with Crippen LogP contribution in [0.15, 0.2) is 48.5 Å². The number of imidazole rings is 1. The fourth-order valence-corrected chi connectivity index (χ4v) is 3.18. The van der Waals surface area contributed by atoms with Crippen molar-refractivity contribution in [3.05, 3.63) is 59.7 Å². The van der Waals surface area contributed by atoms with Crippen molar-refractivity contribution in [3.63, 3.8) is 0 Å². The zero-order chi connectivity index (χ0) is 18.5.